The Morgan fingerprint density at radius 3 is 2.31 bits per heavy atom. The summed E-state index contributed by atoms with van der Waals surface area (Å²) in [5, 5.41) is 2.10. The van der Waals surface area contributed by atoms with Gasteiger partial charge in [-0.1, -0.05) is 0 Å². The van der Waals surface area contributed by atoms with Crippen molar-refractivity contribution >= 4 is 18.3 Å². The van der Waals surface area contributed by atoms with E-state index in [0.717, 1.165) is 0 Å². The van der Waals surface area contributed by atoms with E-state index in [1.165, 1.54) is 0 Å². The van der Waals surface area contributed by atoms with Crippen molar-refractivity contribution in [2.45, 2.75) is 24.6 Å². The average molecular weight is 219 g/mol. The van der Waals surface area contributed by atoms with E-state index in [1.54, 1.807) is 0 Å². The monoisotopic (exact) mass is 218 g/mol. The van der Waals surface area contributed by atoms with Crippen molar-refractivity contribution < 1.29 is 18.0 Å². The Labute approximate surface area is 79.3 Å². The van der Waals surface area contributed by atoms with Crippen LogP contribution in [0.1, 0.15) is 12.8 Å². The molecule has 78 valence electrons. The van der Waals surface area contributed by atoms with Crippen molar-refractivity contribution in [1.29, 1.82) is 0 Å². The second-order valence-electron chi connectivity index (χ2n) is 2.83. The maximum absolute atomic E-state index is 12.2. The van der Waals surface area contributed by atoms with Crippen LogP contribution in [-0.4, -0.2) is 24.2 Å². The van der Waals surface area contributed by atoms with E-state index in [4.69, 9.17) is 5.73 Å². The zero-order chi connectivity index (χ0) is 9.41. The summed E-state index contributed by atoms with van der Waals surface area (Å²) in [7, 11) is 0. The van der Waals surface area contributed by atoms with E-state index in [0.29, 0.717) is 0 Å². The molecule has 0 aromatic carbocycles. The third-order valence-corrected chi connectivity index (χ3v) is 1.94. The second-order valence-corrected chi connectivity index (χ2v) is 2.83. The van der Waals surface area contributed by atoms with Crippen molar-refractivity contribution in [3.63, 3.8) is 0 Å². The van der Waals surface area contributed by atoms with E-state index in [2.05, 4.69) is 5.32 Å². The zero-order valence-electron chi connectivity index (χ0n) is 6.65. The minimum Gasteiger partial charge on any atom is -0.354 e. The molecule has 0 bridgehead atoms. The molecule has 0 saturated carbocycles. The van der Waals surface area contributed by atoms with Gasteiger partial charge in [0.25, 0.3) is 0 Å². The van der Waals surface area contributed by atoms with Crippen LogP contribution in [0, 0.1) is 0 Å². The highest BCUT2D eigenvalue weighted by Gasteiger charge is 2.58. The molecule has 1 rings (SSSR count). The van der Waals surface area contributed by atoms with E-state index >= 15 is 0 Å². The van der Waals surface area contributed by atoms with Crippen LogP contribution < -0.4 is 11.1 Å². The molecule has 7 heteroatoms. The Morgan fingerprint density at radius 1 is 1.46 bits per heavy atom. The van der Waals surface area contributed by atoms with Crippen LogP contribution in [0.4, 0.5) is 13.2 Å². The fourth-order valence-corrected chi connectivity index (χ4v) is 1.11. The first-order valence-electron chi connectivity index (χ1n) is 3.52. The van der Waals surface area contributed by atoms with E-state index < -0.39 is 17.6 Å². The van der Waals surface area contributed by atoms with Crippen molar-refractivity contribution in [1.82, 2.24) is 5.32 Å². The number of rotatable bonds is 0. The molecule has 1 aliphatic rings. The van der Waals surface area contributed by atoms with Gasteiger partial charge in [0.1, 0.15) is 0 Å². The quantitative estimate of drug-likeness (QED) is 0.625. The minimum absolute atomic E-state index is 0. The lowest BCUT2D eigenvalue weighted by molar-refractivity contribution is -0.195. The number of hydrogen-bond acceptors (Lipinski definition) is 2. The molecule has 0 aromatic heterocycles. The summed E-state index contributed by atoms with van der Waals surface area (Å²) in [5.41, 5.74) is 2.27. The smallest absolute Gasteiger partial charge is 0.354 e. The number of nitrogens with one attached hydrogen (secondary N) is 1. The van der Waals surface area contributed by atoms with Gasteiger partial charge in [0.2, 0.25) is 5.91 Å². The number of carbonyl (C=O) groups is 1. The normalized spacial score (nSPS) is 29.1. The lowest BCUT2D eigenvalue weighted by Crippen LogP contribution is -2.65. The van der Waals surface area contributed by atoms with Crippen LogP contribution >= 0.6 is 12.4 Å². The maximum Gasteiger partial charge on any atom is 0.415 e. The van der Waals surface area contributed by atoms with Gasteiger partial charge in [-0.05, 0) is 12.8 Å². The predicted molar refractivity (Wildman–Crippen MR) is 42.5 cm³/mol. The largest absolute Gasteiger partial charge is 0.415 e. The molecule has 3 N–H and O–H groups in total. The number of nitrogens with two attached hydrogens (primary N) is 1. The molecule has 0 aromatic rings. The Balaban J connectivity index is 0.00000144. The number of piperidine rings is 1. The first-order valence-corrected chi connectivity index (χ1v) is 3.52. The Morgan fingerprint density at radius 2 is 2.00 bits per heavy atom. The van der Waals surface area contributed by atoms with Gasteiger partial charge >= 0.3 is 6.18 Å². The molecule has 0 aliphatic carbocycles. The molecular weight excluding hydrogens is 209 g/mol. The molecule has 1 saturated heterocycles. The van der Waals surface area contributed by atoms with Crippen LogP contribution in [0.15, 0.2) is 0 Å². The molecule has 1 amide bonds. The van der Waals surface area contributed by atoms with Gasteiger partial charge in [0.05, 0.1) is 0 Å². The van der Waals surface area contributed by atoms with Crippen molar-refractivity contribution in [3.8, 4) is 0 Å². The van der Waals surface area contributed by atoms with E-state index in [-0.39, 0.29) is 31.8 Å². The van der Waals surface area contributed by atoms with Crippen molar-refractivity contribution in [2.24, 2.45) is 5.73 Å². The second kappa shape index (κ2) is 3.71. The zero-order valence-corrected chi connectivity index (χ0v) is 7.47. The summed E-state index contributed by atoms with van der Waals surface area (Å²) in [5.74, 6) is -1.12. The predicted octanol–water partition coefficient (Wildman–Crippen LogP) is 0.578. The number of alkyl halides is 3. The van der Waals surface area contributed by atoms with Crippen LogP contribution in [0.2, 0.25) is 0 Å². The molecule has 0 spiro atoms. The van der Waals surface area contributed by atoms with Crippen LogP contribution in [-0.2, 0) is 4.79 Å². The summed E-state index contributed by atoms with van der Waals surface area (Å²) in [6.07, 6.45) is -4.72. The Hall–Kier alpha value is -0.490. The lowest BCUT2D eigenvalue weighted by atomic mass is 9.90. The number of hydrogen-bond donors (Lipinski definition) is 2. The van der Waals surface area contributed by atoms with Gasteiger partial charge in [-0.15, -0.1) is 12.4 Å². The molecule has 1 unspecified atom stereocenters. The highest BCUT2D eigenvalue weighted by molar-refractivity contribution is 5.87. The van der Waals surface area contributed by atoms with Crippen molar-refractivity contribution in [3.05, 3.63) is 0 Å². The summed E-state index contributed by atoms with van der Waals surface area (Å²) in [6.45, 7) is 0.272. The summed E-state index contributed by atoms with van der Waals surface area (Å²) in [4.78, 5) is 10.8. The molecule has 3 nitrogen and oxygen atoms in total. The molecule has 1 fully saturated rings. The fraction of sp³-hybridized carbons (Fsp3) is 0.833. The highest BCUT2D eigenvalue weighted by Crippen LogP contribution is 2.33. The Kier molecular flexibility index (Phi) is 3.57. The summed E-state index contributed by atoms with van der Waals surface area (Å²) in [6, 6.07) is 0. The van der Waals surface area contributed by atoms with Crippen LogP contribution in [0.25, 0.3) is 0 Å². The highest BCUT2D eigenvalue weighted by atomic mass is 35.5. The van der Waals surface area contributed by atoms with Gasteiger partial charge in [0, 0.05) is 6.54 Å². The third kappa shape index (κ3) is 2.05. The molecule has 1 heterocycles. The molecular formula is C6H10ClF3N2O. The first kappa shape index (κ1) is 12.5. The van der Waals surface area contributed by atoms with Crippen molar-refractivity contribution in [2.75, 3.05) is 6.54 Å². The number of amides is 1. The molecule has 13 heavy (non-hydrogen) atoms. The average Bonchev–Trinajstić information content (AvgIpc) is 1.93. The van der Waals surface area contributed by atoms with Gasteiger partial charge < -0.3 is 11.1 Å². The molecule has 1 atom stereocenters. The van der Waals surface area contributed by atoms with Gasteiger partial charge in [0.15, 0.2) is 5.54 Å². The summed E-state index contributed by atoms with van der Waals surface area (Å²) >= 11 is 0. The van der Waals surface area contributed by atoms with Crippen LogP contribution in [0.5, 0.6) is 0 Å². The lowest BCUT2D eigenvalue weighted by Gasteiger charge is -2.33. The SMILES string of the molecule is Cl.NC1(C(F)(F)F)CCCNC1=O. The standard InChI is InChI=1S/C6H9F3N2O.ClH/c7-6(8,9)5(10)2-1-3-11-4(5)12;/h1-3,10H2,(H,11,12);1H. The summed E-state index contributed by atoms with van der Waals surface area (Å²) < 4.78 is 36.6. The molecule has 0 radical (unpaired) electrons. The first-order chi connectivity index (χ1) is 5.38. The fourth-order valence-electron chi connectivity index (χ4n) is 1.11. The topological polar surface area (TPSA) is 55.1 Å². The number of halogens is 4. The van der Waals surface area contributed by atoms with E-state index in [9.17, 15) is 18.0 Å². The minimum atomic E-state index is -4.66. The number of carbonyl (C=O) groups excluding carboxylic acids is 1. The van der Waals surface area contributed by atoms with Gasteiger partial charge in [-0.3, -0.25) is 4.79 Å². The van der Waals surface area contributed by atoms with E-state index in [1.807, 2.05) is 0 Å². The van der Waals surface area contributed by atoms with Crippen LogP contribution in [0.3, 0.4) is 0 Å². The molecule has 1 aliphatic heterocycles. The third-order valence-electron chi connectivity index (χ3n) is 1.94. The van der Waals surface area contributed by atoms with Gasteiger partial charge in [-0.25, -0.2) is 0 Å². The maximum atomic E-state index is 12.2. The Bertz CT molecular complexity index is 209. The van der Waals surface area contributed by atoms with Gasteiger partial charge in [-0.2, -0.15) is 13.2 Å².